The highest BCUT2D eigenvalue weighted by molar-refractivity contribution is 14.1. The zero-order chi connectivity index (χ0) is 15.2. The van der Waals surface area contributed by atoms with Crippen LogP contribution >= 0.6 is 22.6 Å². The van der Waals surface area contributed by atoms with Crippen molar-refractivity contribution in [1.82, 2.24) is 5.32 Å². The van der Waals surface area contributed by atoms with Crippen LogP contribution in [0.2, 0.25) is 0 Å². The molecule has 2 rings (SSSR count). The number of anilines is 1. The maximum atomic E-state index is 12.0. The van der Waals surface area contributed by atoms with E-state index in [1.54, 1.807) is 12.1 Å². The zero-order valence-corrected chi connectivity index (χ0v) is 13.7. The molecule has 0 aromatic heterocycles. The molecular formula is C16H15IN2O2. The van der Waals surface area contributed by atoms with Gasteiger partial charge in [-0.2, -0.15) is 0 Å². The predicted octanol–water partition coefficient (Wildman–Crippen LogP) is 2.97. The van der Waals surface area contributed by atoms with Crippen molar-refractivity contribution in [3.05, 3.63) is 63.2 Å². The minimum atomic E-state index is -0.251. The van der Waals surface area contributed by atoms with Crippen LogP contribution in [-0.4, -0.2) is 18.4 Å². The molecule has 0 aliphatic rings. The van der Waals surface area contributed by atoms with Gasteiger partial charge in [-0.05, 0) is 59.3 Å². The van der Waals surface area contributed by atoms with Gasteiger partial charge in [-0.1, -0.05) is 24.3 Å². The molecule has 0 saturated carbocycles. The Kier molecular flexibility index (Phi) is 5.32. The lowest BCUT2D eigenvalue weighted by atomic mass is 10.2. The topological polar surface area (TPSA) is 58.2 Å². The van der Waals surface area contributed by atoms with Crippen molar-refractivity contribution in [2.75, 3.05) is 11.9 Å². The molecule has 0 fully saturated rings. The molecule has 2 N–H and O–H groups in total. The summed E-state index contributed by atoms with van der Waals surface area (Å²) in [4.78, 5) is 23.8. The first-order valence-electron chi connectivity index (χ1n) is 6.45. The molecule has 0 unspecified atom stereocenters. The number of carbonyl (C=O) groups is 2. The monoisotopic (exact) mass is 394 g/mol. The van der Waals surface area contributed by atoms with Gasteiger partial charge in [-0.25, -0.2) is 0 Å². The average Bonchev–Trinajstić information content (AvgIpc) is 2.45. The molecule has 2 aromatic rings. The Hall–Kier alpha value is -1.89. The average molecular weight is 394 g/mol. The maximum Gasteiger partial charge on any atom is 0.252 e. The van der Waals surface area contributed by atoms with Gasteiger partial charge >= 0.3 is 0 Å². The quantitative estimate of drug-likeness (QED) is 0.784. The van der Waals surface area contributed by atoms with Gasteiger partial charge in [0.1, 0.15) is 0 Å². The minimum Gasteiger partial charge on any atom is -0.343 e. The zero-order valence-electron chi connectivity index (χ0n) is 11.5. The molecule has 0 saturated heterocycles. The molecule has 0 heterocycles. The van der Waals surface area contributed by atoms with Crippen LogP contribution in [0.1, 0.15) is 15.9 Å². The molecule has 0 aliphatic heterocycles. The van der Waals surface area contributed by atoms with Gasteiger partial charge < -0.3 is 10.6 Å². The molecule has 21 heavy (non-hydrogen) atoms. The van der Waals surface area contributed by atoms with Gasteiger partial charge in [-0.15, -0.1) is 0 Å². The van der Waals surface area contributed by atoms with Crippen molar-refractivity contribution in [2.24, 2.45) is 0 Å². The van der Waals surface area contributed by atoms with Crippen molar-refractivity contribution in [3.8, 4) is 0 Å². The summed E-state index contributed by atoms with van der Waals surface area (Å²) in [5.41, 5.74) is 2.36. The van der Waals surface area contributed by atoms with E-state index in [0.717, 1.165) is 14.8 Å². The number of benzene rings is 2. The Morgan fingerprint density at radius 2 is 1.86 bits per heavy atom. The van der Waals surface area contributed by atoms with Crippen LogP contribution in [0.3, 0.4) is 0 Å². The molecule has 4 nitrogen and oxygen atoms in total. The van der Waals surface area contributed by atoms with Gasteiger partial charge in [0.05, 0.1) is 12.1 Å². The number of carbonyl (C=O) groups excluding carboxylic acids is 2. The second kappa shape index (κ2) is 7.21. The molecule has 2 aromatic carbocycles. The summed E-state index contributed by atoms with van der Waals surface area (Å²) in [5.74, 6) is -0.501. The Morgan fingerprint density at radius 3 is 2.57 bits per heavy atom. The van der Waals surface area contributed by atoms with E-state index in [4.69, 9.17) is 0 Å². The van der Waals surface area contributed by atoms with Crippen LogP contribution in [0.15, 0.2) is 48.5 Å². The summed E-state index contributed by atoms with van der Waals surface area (Å²) in [6, 6.07) is 14.8. The lowest BCUT2D eigenvalue weighted by Gasteiger charge is -2.08. The third kappa shape index (κ3) is 4.56. The number of aryl methyl sites for hydroxylation is 1. The second-order valence-corrected chi connectivity index (χ2v) is 5.74. The van der Waals surface area contributed by atoms with Crippen LogP contribution in [0.5, 0.6) is 0 Å². The van der Waals surface area contributed by atoms with E-state index < -0.39 is 0 Å². The first kappa shape index (κ1) is 15.5. The SMILES string of the molecule is Cc1cccc(NC(=O)CNC(=O)c2ccccc2I)c1. The summed E-state index contributed by atoms with van der Waals surface area (Å²) in [5, 5.41) is 5.37. The van der Waals surface area contributed by atoms with Crippen molar-refractivity contribution in [2.45, 2.75) is 6.92 Å². The van der Waals surface area contributed by atoms with Crippen molar-refractivity contribution < 1.29 is 9.59 Å². The molecule has 5 heteroatoms. The number of rotatable bonds is 4. The van der Waals surface area contributed by atoms with Crippen LogP contribution in [0.25, 0.3) is 0 Å². The first-order chi connectivity index (χ1) is 10.1. The number of hydrogen-bond acceptors (Lipinski definition) is 2. The highest BCUT2D eigenvalue weighted by Gasteiger charge is 2.10. The summed E-state index contributed by atoms with van der Waals surface area (Å²) in [7, 11) is 0. The van der Waals surface area contributed by atoms with E-state index in [1.807, 2.05) is 43.3 Å². The van der Waals surface area contributed by atoms with Crippen molar-refractivity contribution in [3.63, 3.8) is 0 Å². The summed E-state index contributed by atoms with van der Waals surface area (Å²) in [6.07, 6.45) is 0. The van der Waals surface area contributed by atoms with Crippen LogP contribution in [0, 0.1) is 10.5 Å². The fraction of sp³-hybridized carbons (Fsp3) is 0.125. The van der Waals surface area contributed by atoms with Crippen LogP contribution in [-0.2, 0) is 4.79 Å². The fourth-order valence-electron chi connectivity index (χ4n) is 1.83. The number of halogens is 1. The van der Waals surface area contributed by atoms with Gasteiger partial charge in [0.25, 0.3) is 5.91 Å². The van der Waals surface area contributed by atoms with Crippen LogP contribution in [0.4, 0.5) is 5.69 Å². The third-order valence-corrected chi connectivity index (χ3v) is 3.77. The largest absolute Gasteiger partial charge is 0.343 e. The molecule has 108 valence electrons. The smallest absolute Gasteiger partial charge is 0.252 e. The molecule has 0 radical (unpaired) electrons. The van der Waals surface area contributed by atoms with Crippen LogP contribution < -0.4 is 10.6 Å². The highest BCUT2D eigenvalue weighted by atomic mass is 127. The normalized spacial score (nSPS) is 10.0. The first-order valence-corrected chi connectivity index (χ1v) is 7.53. The Balaban J connectivity index is 1.90. The van der Waals surface area contributed by atoms with E-state index in [0.29, 0.717) is 5.56 Å². The van der Waals surface area contributed by atoms with Gasteiger partial charge in [-0.3, -0.25) is 9.59 Å². The van der Waals surface area contributed by atoms with Crippen molar-refractivity contribution >= 4 is 40.1 Å². The molecule has 0 aliphatic carbocycles. The molecule has 0 spiro atoms. The second-order valence-electron chi connectivity index (χ2n) is 4.58. The van der Waals surface area contributed by atoms with Gasteiger partial charge in [0.15, 0.2) is 0 Å². The van der Waals surface area contributed by atoms with E-state index in [9.17, 15) is 9.59 Å². The number of hydrogen-bond donors (Lipinski definition) is 2. The van der Waals surface area contributed by atoms with Crippen molar-refractivity contribution in [1.29, 1.82) is 0 Å². The number of nitrogens with one attached hydrogen (secondary N) is 2. The highest BCUT2D eigenvalue weighted by Crippen LogP contribution is 2.11. The Labute approximate surface area is 137 Å². The predicted molar refractivity (Wildman–Crippen MR) is 91.3 cm³/mol. The summed E-state index contributed by atoms with van der Waals surface area (Å²) >= 11 is 2.09. The van der Waals surface area contributed by atoms with E-state index in [-0.39, 0.29) is 18.4 Å². The summed E-state index contributed by atoms with van der Waals surface area (Å²) in [6.45, 7) is 1.90. The lowest BCUT2D eigenvalue weighted by molar-refractivity contribution is -0.115. The molecule has 0 atom stereocenters. The van der Waals surface area contributed by atoms with E-state index >= 15 is 0 Å². The summed E-state index contributed by atoms with van der Waals surface area (Å²) < 4.78 is 0.853. The Morgan fingerprint density at radius 1 is 1.10 bits per heavy atom. The molecular weight excluding hydrogens is 379 g/mol. The minimum absolute atomic E-state index is 0.0578. The molecule has 2 amide bonds. The standard InChI is InChI=1S/C16H15IN2O2/c1-11-5-4-6-12(9-11)19-15(20)10-18-16(21)13-7-2-3-8-14(13)17/h2-9H,10H2,1H3,(H,18,21)(H,19,20). The van der Waals surface area contributed by atoms with E-state index in [2.05, 4.69) is 33.2 Å². The van der Waals surface area contributed by atoms with Gasteiger partial charge in [0.2, 0.25) is 5.91 Å². The van der Waals surface area contributed by atoms with Gasteiger partial charge in [0, 0.05) is 9.26 Å². The lowest BCUT2D eigenvalue weighted by Crippen LogP contribution is -2.33. The fourth-order valence-corrected chi connectivity index (χ4v) is 2.46. The molecule has 0 bridgehead atoms. The number of amides is 2. The third-order valence-electron chi connectivity index (χ3n) is 2.83. The maximum absolute atomic E-state index is 12.0. The van der Waals surface area contributed by atoms with E-state index in [1.165, 1.54) is 0 Å². The Bertz CT molecular complexity index is 671.